The molecule has 0 aromatic heterocycles. The predicted molar refractivity (Wildman–Crippen MR) is 377 cm³/mol. The number of aliphatic hydroxyl groups excluding tert-OH is 1. The molecule has 3 N–H and O–H groups in total. The van der Waals surface area contributed by atoms with Crippen molar-refractivity contribution in [2.45, 2.75) is 400 Å². The van der Waals surface area contributed by atoms with Crippen LogP contribution in [0.15, 0.2) is 0 Å². The quantitative estimate of drug-likeness (QED) is 0.0222. The van der Waals surface area contributed by atoms with E-state index >= 15 is 0 Å². The number of aliphatic hydroxyl groups is 1. The van der Waals surface area contributed by atoms with Gasteiger partial charge in [-0.1, -0.05) is 330 Å². The largest absolute Gasteiger partial charge is 0.472 e. The Kier molecular flexibility index (Phi) is 64.6. The van der Waals surface area contributed by atoms with Crippen LogP contribution in [0.5, 0.6) is 0 Å². The monoisotopic (exact) mass is 1370 g/mol. The average molecular weight is 1370 g/mol. The van der Waals surface area contributed by atoms with Crippen LogP contribution in [-0.2, 0) is 65.4 Å². The highest BCUT2D eigenvalue weighted by Gasteiger charge is 2.30. The number of esters is 4. The normalized spacial score (nSPS) is 14.3. The van der Waals surface area contributed by atoms with E-state index in [2.05, 4.69) is 41.5 Å². The maximum Gasteiger partial charge on any atom is 0.472 e. The highest BCUT2D eigenvalue weighted by molar-refractivity contribution is 7.47. The molecule has 0 aromatic carbocycles. The summed E-state index contributed by atoms with van der Waals surface area (Å²) in [6.45, 7) is 9.55. The second kappa shape index (κ2) is 66.0. The Labute approximate surface area is 568 Å². The summed E-state index contributed by atoms with van der Waals surface area (Å²) in [6, 6.07) is 0. The number of carbonyl (C=O) groups is 4. The zero-order valence-corrected chi connectivity index (χ0v) is 62.3. The Balaban J connectivity index is 5.24. The van der Waals surface area contributed by atoms with Gasteiger partial charge in [0.05, 0.1) is 26.4 Å². The van der Waals surface area contributed by atoms with Crippen LogP contribution in [0.1, 0.15) is 382 Å². The number of carbonyl (C=O) groups excluding carboxylic acids is 4. The first-order valence-electron chi connectivity index (χ1n) is 38.5. The van der Waals surface area contributed by atoms with Crippen molar-refractivity contribution >= 4 is 39.5 Å². The summed E-state index contributed by atoms with van der Waals surface area (Å²) in [4.78, 5) is 72.7. The first kappa shape index (κ1) is 91.1. The van der Waals surface area contributed by atoms with Gasteiger partial charge in [0, 0.05) is 25.7 Å². The topological polar surface area (TPSA) is 237 Å². The van der Waals surface area contributed by atoms with E-state index in [0.717, 1.165) is 108 Å². The third-order valence-corrected chi connectivity index (χ3v) is 19.5. The molecule has 0 fully saturated rings. The van der Waals surface area contributed by atoms with Crippen LogP contribution in [0.4, 0.5) is 0 Å². The summed E-state index contributed by atoms with van der Waals surface area (Å²) in [7, 11) is -9.91. The molecule has 0 rings (SSSR count). The van der Waals surface area contributed by atoms with Gasteiger partial charge in [0.2, 0.25) is 0 Å². The van der Waals surface area contributed by atoms with Gasteiger partial charge in [-0.25, -0.2) is 9.13 Å². The summed E-state index contributed by atoms with van der Waals surface area (Å²) in [5, 5.41) is 10.6. The fourth-order valence-corrected chi connectivity index (χ4v) is 12.8. The first-order chi connectivity index (χ1) is 44.9. The van der Waals surface area contributed by atoms with Crippen LogP contribution in [0.3, 0.4) is 0 Å². The van der Waals surface area contributed by atoms with Crippen molar-refractivity contribution in [1.82, 2.24) is 0 Å². The van der Waals surface area contributed by atoms with Gasteiger partial charge in [-0.05, 0) is 37.5 Å². The molecule has 0 heterocycles. The fraction of sp³-hybridized carbons (Fsp3) is 0.946. The fourth-order valence-electron chi connectivity index (χ4n) is 11.3. The van der Waals surface area contributed by atoms with Crippen LogP contribution in [0.2, 0.25) is 0 Å². The molecule has 552 valence electrons. The molecule has 0 amide bonds. The van der Waals surface area contributed by atoms with Crippen molar-refractivity contribution in [3.8, 4) is 0 Å². The summed E-state index contributed by atoms with van der Waals surface area (Å²) >= 11 is 0. The molecule has 0 spiro atoms. The van der Waals surface area contributed by atoms with E-state index in [1.807, 2.05) is 0 Å². The van der Waals surface area contributed by atoms with Gasteiger partial charge >= 0.3 is 39.5 Å². The van der Waals surface area contributed by atoms with Crippen LogP contribution in [-0.4, -0.2) is 96.7 Å². The third-order valence-electron chi connectivity index (χ3n) is 17.6. The molecular formula is C74H144O17P2. The molecule has 0 aliphatic rings. The van der Waals surface area contributed by atoms with E-state index in [1.165, 1.54) is 193 Å². The molecule has 19 heteroatoms. The average Bonchev–Trinajstić information content (AvgIpc) is 3.57. The van der Waals surface area contributed by atoms with E-state index in [9.17, 15) is 43.2 Å². The maximum absolute atomic E-state index is 13.1. The lowest BCUT2D eigenvalue weighted by Crippen LogP contribution is -2.30. The van der Waals surface area contributed by atoms with E-state index in [0.29, 0.717) is 25.7 Å². The number of hydrogen-bond acceptors (Lipinski definition) is 15. The predicted octanol–water partition coefficient (Wildman–Crippen LogP) is 21.6. The molecule has 17 nitrogen and oxygen atoms in total. The van der Waals surface area contributed by atoms with Crippen molar-refractivity contribution in [2.75, 3.05) is 39.6 Å². The van der Waals surface area contributed by atoms with Gasteiger partial charge in [-0.2, -0.15) is 0 Å². The lowest BCUT2D eigenvalue weighted by atomic mass is 10.00. The Bertz CT molecular complexity index is 1810. The van der Waals surface area contributed by atoms with Crippen LogP contribution >= 0.6 is 15.6 Å². The highest BCUT2D eigenvalue weighted by atomic mass is 31.2. The van der Waals surface area contributed by atoms with Crippen molar-refractivity contribution in [1.29, 1.82) is 0 Å². The van der Waals surface area contributed by atoms with Gasteiger partial charge in [-0.3, -0.25) is 37.3 Å². The number of rotatable bonds is 73. The molecule has 0 saturated heterocycles. The van der Waals surface area contributed by atoms with E-state index in [4.69, 9.17) is 37.0 Å². The molecule has 6 atom stereocenters. The van der Waals surface area contributed by atoms with Gasteiger partial charge in [0.15, 0.2) is 12.2 Å². The summed E-state index contributed by atoms with van der Waals surface area (Å²) in [5.41, 5.74) is 0. The zero-order valence-electron chi connectivity index (χ0n) is 60.6. The van der Waals surface area contributed by atoms with E-state index < -0.39 is 97.5 Å². The Morgan fingerprint density at radius 3 is 0.817 bits per heavy atom. The van der Waals surface area contributed by atoms with Gasteiger partial charge < -0.3 is 33.8 Å². The molecule has 0 radical (unpaired) electrons. The summed E-state index contributed by atoms with van der Waals surface area (Å²) in [5.74, 6) is -0.605. The number of hydrogen-bond donors (Lipinski definition) is 3. The van der Waals surface area contributed by atoms with Crippen molar-refractivity contribution in [3.63, 3.8) is 0 Å². The Morgan fingerprint density at radius 1 is 0.312 bits per heavy atom. The second-order valence-corrected chi connectivity index (χ2v) is 30.3. The lowest BCUT2D eigenvalue weighted by Gasteiger charge is -2.21. The molecule has 0 bridgehead atoms. The van der Waals surface area contributed by atoms with Crippen LogP contribution < -0.4 is 0 Å². The SMILES string of the molecule is CCCCCCCCCCCCCCCCCCCC(=O)O[C@H](COC(=O)CCCCCCCCCCCCCCC(C)C)COP(=O)(O)OC[C@@H](O)COP(=O)(O)OC[C@@H](COC(=O)CCCCCCCCC(C)CC)OC(=O)CCCCCCCCCCCCC. The number of phosphoric acid groups is 2. The zero-order chi connectivity index (χ0) is 68.6. The first-order valence-corrected chi connectivity index (χ1v) is 41.5. The van der Waals surface area contributed by atoms with E-state index in [1.54, 1.807) is 0 Å². The van der Waals surface area contributed by atoms with E-state index in [-0.39, 0.29) is 25.7 Å². The molecule has 0 saturated carbocycles. The highest BCUT2D eigenvalue weighted by Crippen LogP contribution is 2.45. The number of phosphoric ester groups is 2. The second-order valence-electron chi connectivity index (χ2n) is 27.4. The Hall–Kier alpha value is -1.94. The molecule has 0 aliphatic heterocycles. The standard InChI is InChI=1S/C74H144O17P2/c1-7-10-12-14-16-18-20-21-22-23-24-25-31-35-39-47-53-59-74(79)90-69(62-84-71(76)56-50-44-37-33-30-27-26-29-32-36-42-48-54-66(4)5)64-88-92(80,81)86-60-68(75)61-87-93(82,83)89-65-70(63-85-72(77)57-51-45-41-40-43-49-55-67(6)9-3)91-73(78)58-52-46-38-34-28-19-17-15-13-11-8-2/h66-70,75H,7-65H2,1-6H3,(H,80,81)(H,82,83)/t67?,68-,69-,70-/m1/s1. The lowest BCUT2D eigenvalue weighted by molar-refractivity contribution is -0.161. The summed E-state index contributed by atoms with van der Waals surface area (Å²) < 4.78 is 68.4. The van der Waals surface area contributed by atoms with Gasteiger partial charge in [-0.15, -0.1) is 0 Å². The minimum atomic E-state index is -4.96. The van der Waals surface area contributed by atoms with Crippen LogP contribution in [0, 0.1) is 11.8 Å². The Morgan fingerprint density at radius 2 is 0.548 bits per heavy atom. The number of ether oxygens (including phenoxy) is 4. The van der Waals surface area contributed by atoms with Gasteiger partial charge in [0.1, 0.15) is 19.3 Å². The minimum absolute atomic E-state index is 0.106. The summed E-state index contributed by atoms with van der Waals surface area (Å²) in [6.07, 6.45) is 52.7. The molecule has 0 aliphatic carbocycles. The molecular weight excluding hydrogens is 1220 g/mol. The van der Waals surface area contributed by atoms with Gasteiger partial charge in [0.25, 0.3) is 0 Å². The maximum atomic E-state index is 13.1. The van der Waals surface area contributed by atoms with Crippen molar-refractivity contribution in [2.24, 2.45) is 11.8 Å². The number of unbranched alkanes of at least 4 members (excludes halogenated alkanes) is 42. The van der Waals surface area contributed by atoms with Crippen molar-refractivity contribution < 1.29 is 80.2 Å². The van der Waals surface area contributed by atoms with Crippen molar-refractivity contribution in [3.05, 3.63) is 0 Å². The minimum Gasteiger partial charge on any atom is -0.462 e. The smallest absolute Gasteiger partial charge is 0.462 e. The molecule has 0 aromatic rings. The molecule has 3 unspecified atom stereocenters. The van der Waals surface area contributed by atoms with Crippen LogP contribution in [0.25, 0.3) is 0 Å². The third kappa shape index (κ3) is 67.0. The molecule has 93 heavy (non-hydrogen) atoms.